The first-order valence-corrected chi connectivity index (χ1v) is 9.16. The Balaban J connectivity index is 1.67. The van der Waals surface area contributed by atoms with Crippen LogP contribution in [0.25, 0.3) is 0 Å². The highest BCUT2D eigenvalue weighted by atomic mass is 32.2. The van der Waals surface area contributed by atoms with Gasteiger partial charge in [0, 0.05) is 7.11 Å². The van der Waals surface area contributed by atoms with Crippen molar-refractivity contribution in [3.63, 3.8) is 0 Å². The van der Waals surface area contributed by atoms with Crippen LogP contribution in [0.15, 0.2) is 0 Å². The van der Waals surface area contributed by atoms with Gasteiger partial charge in [-0.15, -0.1) is 0 Å². The smallest absolute Gasteiger partial charge is 0.456 e. The lowest BCUT2D eigenvalue weighted by Gasteiger charge is -2.41. The van der Waals surface area contributed by atoms with Gasteiger partial charge in [-0.25, -0.2) is 4.79 Å². The fourth-order valence-corrected chi connectivity index (χ4v) is 5.15. The molecular weight excluding hydrogens is 350 g/mol. The number of ether oxygens (including phenoxy) is 3. The van der Waals surface area contributed by atoms with E-state index in [1.807, 2.05) is 0 Å². The van der Waals surface area contributed by atoms with Gasteiger partial charge < -0.3 is 14.2 Å². The predicted molar refractivity (Wildman–Crippen MR) is 75.6 cm³/mol. The van der Waals surface area contributed by atoms with Crippen LogP contribution < -0.4 is 0 Å². The third-order valence-electron chi connectivity index (χ3n) is 5.57. The molecule has 4 aliphatic rings. The van der Waals surface area contributed by atoms with Gasteiger partial charge in [0.15, 0.2) is 0 Å². The molecule has 4 saturated carbocycles. The molecule has 0 aromatic heterocycles. The molecule has 0 radical (unpaired) electrons. The van der Waals surface area contributed by atoms with Gasteiger partial charge in [-0.05, 0) is 48.9 Å². The summed E-state index contributed by atoms with van der Waals surface area (Å²) < 4.78 is 71.8. The van der Waals surface area contributed by atoms with Gasteiger partial charge in [-0.3, -0.25) is 4.55 Å². The van der Waals surface area contributed by atoms with Crippen molar-refractivity contribution in [3.05, 3.63) is 0 Å². The van der Waals surface area contributed by atoms with Gasteiger partial charge in [-0.2, -0.15) is 17.2 Å². The van der Waals surface area contributed by atoms with Crippen LogP contribution in [-0.4, -0.2) is 50.8 Å². The van der Waals surface area contributed by atoms with E-state index in [4.69, 9.17) is 18.8 Å². The molecule has 24 heavy (non-hydrogen) atoms. The molecule has 0 heterocycles. The van der Waals surface area contributed by atoms with Crippen LogP contribution in [-0.2, 0) is 29.1 Å². The molecular formula is C14H20F2O7S. The molecule has 10 heteroatoms. The van der Waals surface area contributed by atoms with Gasteiger partial charge >= 0.3 is 21.3 Å². The molecule has 0 saturated heterocycles. The van der Waals surface area contributed by atoms with Crippen LogP contribution in [0, 0.1) is 23.2 Å². The van der Waals surface area contributed by atoms with Crippen molar-refractivity contribution < 1.29 is 40.8 Å². The van der Waals surface area contributed by atoms with E-state index in [9.17, 15) is 22.0 Å². The van der Waals surface area contributed by atoms with Gasteiger partial charge in [0.05, 0.1) is 6.61 Å². The summed E-state index contributed by atoms with van der Waals surface area (Å²) in [6.07, 6.45) is 2.28. The molecule has 4 fully saturated rings. The number of alkyl halides is 2. The highest BCUT2D eigenvalue weighted by Gasteiger charge is 2.63. The summed E-state index contributed by atoms with van der Waals surface area (Å²) in [5, 5.41) is -4.94. The van der Waals surface area contributed by atoms with E-state index in [1.165, 1.54) is 7.11 Å². The predicted octanol–water partition coefficient (Wildman–Crippen LogP) is 1.44. The molecule has 0 spiro atoms. The van der Waals surface area contributed by atoms with Crippen LogP contribution in [0.3, 0.4) is 0 Å². The number of hydrogen-bond donors (Lipinski definition) is 1. The summed E-state index contributed by atoms with van der Waals surface area (Å²) in [6, 6.07) is 0. The molecule has 0 aromatic rings. The second kappa shape index (κ2) is 5.86. The lowest BCUT2D eigenvalue weighted by atomic mass is 9.69. The highest BCUT2D eigenvalue weighted by Crippen LogP contribution is 2.65. The maximum atomic E-state index is 13.4. The van der Waals surface area contributed by atoms with Gasteiger partial charge in [0.25, 0.3) is 0 Å². The Kier molecular flexibility index (Phi) is 4.38. The molecule has 1 N–H and O–H groups in total. The lowest BCUT2D eigenvalue weighted by Crippen LogP contribution is -2.45. The first-order chi connectivity index (χ1) is 11.1. The number of halogens is 2. The molecule has 0 amide bonds. The van der Waals surface area contributed by atoms with Crippen molar-refractivity contribution in [2.45, 2.75) is 37.0 Å². The van der Waals surface area contributed by atoms with Gasteiger partial charge in [-0.1, -0.05) is 0 Å². The minimum absolute atomic E-state index is 0.0503. The normalized spacial score (nSPS) is 37.8. The van der Waals surface area contributed by atoms with E-state index in [-0.39, 0.29) is 30.0 Å². The fraction of sp³-hybridized carbons (Fsp3) is 0.929. The Morgan fingerprint density at radius 3 is 2.54 bits per heavy atom. The second-order valence-electron chi connectivity index (χ2n) is 7.15. The molecule has 4 rings (SSSR count). The van der Waals surface area contributed by atoms with Gasteiger partial charge in [0.2, 0.25) is 0 Å². The largest absolute Gasteiger partial charge is 0.465 e. The van der Waals surface area contributed by atoms with Crippen molar-refractivity contribution in [1.29, 1.82) is 0 Å². The first kappa shape index (κ1) is 18.0. The van der Waals surface area contributed by atoms with E-state index >= 15 is 0 Å². The SMILES string of the molecule is COCOCC12CC3CC(C1)C(OC(=O)C(F)(F)S(=O)(=O)O)C3C2. The van der Waals surface area contributed by atoms with Crippen molar-refractivity contribution >= 4 is 16.1 Å². The summed E-state index contributed by atoms with van der Waals surface area (Å²) in [4.78, 5) is 11.6. The third-order valence-corrected chi connectivity index (χ3v) is 6.39. The Labute approximate surface area is 138 Å². The molecule has 0 aliphatic heterocycles. The number of methoxy groups -OCH3 is 1. The molecule has 0 aromatic carbocycles. The van der Waals surface area contributed by atoms with Crippen molar-refractivity contribution in [2.24, 2.45) is 23.2 Å². The zero-order chi connectivity index (χ0) is 17.8. The first-order valence-electron chi connectivity index (χ1n) is 7.72. The molecule has 4 aliphatic carbocycles. The monoisotopic (exact) mass is 370 g/mol. The number of carbonyl (C=O) groups is 1. The highest BCUT2D eigenvalue weighted by molar-refractivity contribution is 7.87. The minimum Gasteiger partial charge on any atom is -0.456 e. The molecule has 5 atom stereocenters. The summed E-state index contributed by atoms with van der Waals surface area (Å²) >= 11 is 0. The maximum Gasteiger partial charge on any atom is 0.465 e. The Bertz CT molecular complexity index is 619. The number of esters is 1. The van der Waals surface area contributed by atoms with Gasteiger partial charge in [0.1, 0.15) is 12.9 Å². The molecule has 7 nitrogen and oxygen atoms in total. The van der Waals surface area contributed by atoms with E-state index in [0.717, 1.165) is 12.8 Å². The average molecular weight is 370 g/mol. The summed E-state index contributed by atoms with van der Waals surface area (Å²) in [5.74, 6) is -2.10. The van der Waals surface area contributed by atoms with E-state index < -0.39 is 27.4 Å². The standard InChI is InChI=1S/C14H20F2O7S/c1-21-7-22-6-13-3-8-2-9(4-13)11(10(8)5-13)23-12(17)14(15,16)24(18,19)20/h8-11H,2-7H2,1H3,(H,18,19,20). The Morgan fingerprint density at radius 1 is 1.29 bits per heavy atom. The lowest BCUT2D eigenvalue weighted by molar-refractivity contribution is -0.175. The molecule has 5 unspecified atom stereocenters. The number of carbonyl (C=O) groups excluding carboxylic acids is 1. The van der Waals surface area contributed by atoms with Crippen molar-refractivity contribution in [3.8, 4) is 0 Å². The fourth-order valence-electron chi connectivity index (χ4n) is 4.89. The number of rotatable bonds is 7. The zero-order valence-electron chi connectivity index (χ0n) is 13.1. The van der Waals surface area contributed by atoms with E-state index in [0.29, 0.717) is 19.4 Å². The quantitative estimate of drug-likeness (QED) is 0.313. The summed E-state index contributed by atoms with van der Waals surface area (Å²) in [7, 11) is -4.31. The zero-order valence-corrected chi connectivity index (χ0v) is 13.9. The van der Waals surface area contributed by atoms with Crippen LogP contribution in [0.2, 0.25) is 0 Å². The van der Waals surface area contributed by atoms with Crippen LogP contribution in [0.4, 0.5) is 8.78 Å². The van der Waals surface area contributed by atoms with Crippen LogP contribution in [0.1, 0.15) is 25.7 Å². The number of hydrogen-bond acceptors (Lipinski definition) is 6. The Hall–Kier alpha value is -0.840. The second-order valence-corrected chi connectivity index (χ2v) is 8.61. The Morgan fingerprint density at radius 2 is 1.96 bits per heavy atom. The van der Waals surface area contributed by atoms with Crippen molar-refractivity contribution in [1.82, 2.24) is 0 Å². The van der Waals surface area contributed by atoms with E-state index in [2.05, 4.69) is 0 Å². The van der Waals surface area contributed by atoms with Crippen LogP contribution >= 0.6 is 0 Å². The molecule has 4 bridgehead atoms. The van der Waals surface area contributed by atoms with E-state index in [1.54, 1.807) is 0 Å². The minimum atomic E-state index is -5.84. The topological polar surface area (TPSA) is 99.1 Å². The summed E-state index contributed by atoms with van der Waals surface area (Å²) in [6.45, 7) is 0.687. The third kappa shape index (κ3) is 2.83. The molecule has 138 valence electrons. The van der Waals surface area contributed by atoms with Crippen LogP contribution in [0.5, 0.6) is 0 Å². The summed E-state index contributed by atoms with van der Waals surface area (Å²) in [5.41, 5.74) is -0.0503. The average Bonchev–Trinajstić information content (AvgIpc) is 2.86. The maximum absolute atomic E-state index is 13.4. The van der Waals surface area contributed by atoms with Crippen molar-refractivity contribution in [2.75, 3.05) is 20.5 Å².